The highest BCUT2D eigenvalue weighted by Gasteiger charge is 2.28. The van der Waals surface area contributed by atoms with Gasteiger partial charge in [0.15, 0.2) is 0 Å². The van der Waals surface area contributed by atoms with Crippen LogP contribution in [0.3, 0.4) is 0 Å². The highest BCUT2D eigenvalue weighted by atomic mass is 32.2. The molecule has 6 nitrogen and oxygen atoms in total. The van der Waals surface area contributed by atoms with E-state index in [9.17, 15) is 17.6 Å². The highest BCUT2D eigenvalue weighted by molar-refractivity contribution is 7.92. The lowest BCUT2D eigenvalue weighted by Crippen LogP contribution is -2.41. The molecule has 8 heteroatoms. The van der Waals surface area contributed by atoms with Crippen LogP contribution >= 0.6 is 0 Å². The van der Waals surface area contributed by atoms with Gasteiger partial charge in [0, 0.05) is 0 Å². The van der Waals surface area contributed by atoms with Crippen molar-refractivity contribution in [2.45, 2.75) is 45.6 Å². The largest absolute Gasteiger partial charge is 0.494 e. The number of nitrogens with zero attached hydrogens (tertiary/aromatic N) is 1. The average Bonchev–Trinajstić information content (AvgIpc) is 2.81. The summed E-state index contributed by atoms with van der Waals surface area (Å²) < 4.78 is 47.0. The van der Waals surface area contributed by atoms with Gasteiger partial charge in [0.2, 0.25) is 5.91 Å². The molecule has 0 bridgehead atoms. The first-order valence-corrected chi connectivity index (χ1v) is 12.8. The van der Waals surface area contributed by atoms with Crippen LogP contribution in [0.5, 0.6) is 5.75 Å². The van der Waals surface area contributed by atoms with Crippen molar-refractivity contribution >= 4 is 21.6 Å². The van der Waals surface area contributed by atoms with Crippen LogP contribution in [-0.2, 0) is 14.8 Å². The number of hydrogen-bond acceptors (Lipinski definition) is 4. The number of ether oxygens (including phenoxy) is 1. The molecule has 0 unspecified atom stereocenters. The van der Waals surface area contributed by atoms with E-state index in [1.165, 1.54) is 24.3 Å². The van der Waals surface area contributed by atoms with Crippen molar-refractivity contribution in [3.05, 3.63) is 88.7 Å². The van der Waals surface area contributed by atoms with E-state index in [1.807, 2.05) is 40.7 Å². The first kappa shape index (κ1) is 26.2. The minimum Gasteiger partial charge on any atom is -0.494 e. The number of rotatable bonds is 9. The van der Waals surface area contributed by atoms with Gasteiger partial charge < -0.3 is 10.1 Å². The van der Waals surface area contributed by atoms with Crippen molar-refractivity contribution < 1.29 is 22.3 Å². The quantitative estimate of drug-likeness (QED) is 0.439. The lowest BCUT2D eigenvalue weighted by molar-refractivity contribution is -0.120. The maximum Gasteiger partial charge on any atom is 0.264 e. The van der Waals surface area contributed by atoms with Crippen LogP contribution in [0, 0.1) is 26.6 Å². The number of hydrogen-bond donors (Lipinski definition) is 1. The van der Waals surface area contributed by atoms with Crippen LogP contribution in [0.4, 0.5) is 10.1 Å². The summed E-state index contributed by atoms with van der Waals surface area (Å²) in [6.45, 7) is 9.69. The normalized spacial score (nSPS) is 12.2. The monoisotopic (exact) mass is 498 g/mol. The summed E-state index contributed by atoms with van der Waals surface area (Å²) in [4.78, 5) is 13.0. The van der Waals surface area contributed by atoms with Gasteiger partial charge in [-0.25, -0.2) is 12.8 Å². The van der Waals surface area contributed by atoms with E-state index in [4.69, 9.17) is 4.74 Å². The third-order valence-electron chi connectivity index (χ3n) is 5.85. The molecule has 186 valence electrons. The predicted octanol–water partition coefficient (Wildman–Crippen LogP) is 5.22. The highest BCUT2D eigenvalue weighted by Crippen LogP contribution is 2.26. The fraction of sp³-hybridized carbons (Fsp3) is 0.296. The molecule has 0 saturated carbocycles. The molecule has 0 aliphatic rings. The molecule has 3 aromatic rings. The molecule has 0 aliphatic heterocycles. The van der Waals surface area contributed by atoms with Crippen molar-refractivity contribution in [3.63, 3.8) is 0 Å². The molecule has 1 amide bonds. The molecule has 0 heterocycles. The van der Waals surface area contributed by atoms with E-state index in [2.05, 4.69) is 11.4 Å². The second kappa shape index (κ2) is 10.9. The molecule has 0 fully saturated rings. The molecular formula is C27H31FN2O4S. The summed E-state index contributed by atoms with van der Waals surface area (Å²) in [5.74, 6) is -0.445. The lowest BCUT2D eigenvalue weighted by Gasteiger charge is -2.25. The van der Waals surface area contributed by atoms with Gasteiger partial charge in [-0.3, -0.25) is 9.10 Å². The predicted molar refractivity (Wildman–Crippen MR) is 136 cm³/mol. The number of aryl methyl sites for hydroxylation is 3. The minimum absolute atomic E-state index is 0.00358. The van der Waals surface area contributed by atoms with Crippen LogP contribution in [-0.4, -0.2) is 27.5 Å². The minimum atomic E-state index is -4.12. The molecule has 0 saturated heterocycles. The van der Waals surface area contributed by atoms with Crippen LogP contribution in [0.1, 0.15) is 42.1 Å². The van der Waals surface area contributed by atoms with E-state index in [0.717, 1.165) is 38.7 Å². The standard InChI is InChI=1S/C27H31FN2O4S/c1-6-34-24-11-13-25(14-12-24)35(32,33)30(23-9-7-22(28)8-10-23)17-27(31)29-21(5)26-16-19(3)18(2)15-20(26)4/h7-16,21H,6,17H2,1-5H3,(H,29,31)/t21-/m0/s1. The van der Waals surface area contributed by atoms with Gasteiger partial charge in [-0.05, 0) is 105 Å². The zero-order chi connectivity index (χ0) is 25.8. The van der Waals surface area contributed by atoms with E-state index >= 15 is 0 Å². The topological polar surface area (TPSA) is 75.7 Å². The van der Waals surface area contributed by atoms with Gasteiger partial charge in [-0.2, -0.15) is 0 Å². The van der Waals surface area contributed by atoms with Crippen molar-refractivity contribution in [1.29, 1.82) is 0 Å². The Bertz CT molecular complexity index is 1290. The maximum atomic E-state index is 13.5. The Labute approximate surface area is 206 Å². The molecule has 0 spiro atoms. The Kier molecular flexibility index (Phi) is 8.17. The smallest absolute Gasteiger partial charge is 0.264 e. The molecule has 0 aliphatic carbocycles. The van der Waals surface area contributed by atoms with Crippen LogP contribution in [0.2, 0.25) is 0 Å². The molecule has 0 aromatic heterocycles. The Balaban J connectivity index is 1.89. The van der Waals surface area contributed by atoms with Crippen molar-refractivity contribution in [1.82, 2.24) is 5.32 Å². The number of carbonyl (C=O) groups is 1. The third-order valence-corrected chi connectivity index (χ3v) is 7.64. The van der Waals surface area contributed by atoms with Gasteiger partial charge in [0.05, 0.1) is 23.2 Å². The van der Waals surface area contributed by atoms with Gasteiger partial charge in [-0.1, -0.05) is 12.1 Å². The second-order valence-electron chi connectivity index (χ2n) is 8.47. The summed E-state index contributed by atoms with van der Waals surface area (Å²) >= 11 is 0. The molecule has 35 heavy (non-hydrogen) atoms. The zero-order valence-electron chi connectivity index (χ0n) is 20.6. The number of amides is 1. The van der Waals surface area contributed by atoms with Crippen LogP contribution in [0.25, 0.3) is 0 Å². The molecule has 3 aromatic carbocycles. The number of halogens is 1. The molecular weight excluding hydrogens is 467 g/mol. The number of nitrogens with one attached hydrogen (secondary N) is 1. The lowest BCUT2D eigenvalue weighted by atomic mass is 9.96. The number of benzene rings is 3. The van der Waals surface area contributed by atoms with Gasteiger partial charge >= 0.3 is 0 Å². The third kappa shape index (κ3) is 6.19. The Morgan fingerprint density at radius 2 is 1.57 bits per heavy atom. The van der Waals surface area contributed by atoms with E-state index < -0.39 is 28.3 Å². The Morgan fingerprint density at radius 3 is 2.17 bits per heavy atom. The van der Waals surface area contributed by atoms with Crippen molar-refractivity contribution in [2.75, 3.05) is 17.5 Å². The van der Waals surface area contributed by atoms with Crippen LogP contribution < -0.4 is 14.4 Å². The van der Waals surface area contributed by atoms with Crippen molar-refractivity contribution in [3.8, 4) is 5.75 Å². The number of carbonyl (C=O) groups excluding carboxylic acids is 1. The van der Waals surface area contributed by atoms with Gasteiger partial charge in [0.25, 0.3) is 10.0 Å². The number of sulfonamides is 1. The van der Waals surface area contributed by atoms with E-state index in [-0.39, 0.29) is 16.6 Å². The van der Waals surface area contributed by atoms with E-state index in [0.29, 0.717) is 12.4 Å². The Morgan fingerprint density at radius 1 is 0.971 bits per heavy atom. The summed E-state index contributed by atoms with van der Waals surface area (Å²) in [7, 11) is -4.12. The second-order valence-corrected chi connectivity index (χ2v) is 10.3. The van der Waals surface area contributed by atoms with Gasteiger partial charge in [0.1, 0.15) is 18.1 Å². The molecule has 1 N–H and O–H groups in total. The summed E-state index contributed by atoms with van der Waals surface area (Å²) in [5, 5.41) is 2.91. The average molecular weight is 499 g/mol. The van der Waals surface area contributed by atoms with Gasteiger partial charge in [-0.15, -0.1) is 0 Å². The van der Waals surface area contributed by atoms with Crippen LogP contribution in [0.15, 0.2) is 65.6 Å². The molecule has 1 atom stereocenters. The number of anilines is 1. The summed E-state index contributed by atoms with van der Waals surface area (Å²) in [6.07, 6.45) is 0. The summed E-state index contributed by atoms with van der Waals surface area (Å²) in [5.41, 5.74) is 4.46. The van der Waals surface area contributed by atoms with Crippen molar-refractivity contribution in [2.24, 2.45) is 0 Å². The first-order valence-electron chi connectivity index (χ1n) is 11.4. The first-order chi connectivity index (χ1) is 16.5. The SMILES string of the molecule is CCOc1ccc(S(=O)(=O)N(CC(=O)N[C@@H](C)c2cc(C)c(C)cc2C)c2ccc(F)cc2)cc1. The fourth-order valence-electron chi connectivity index (χ4n) is 3.87. The fourth-order valence-corrected chi connectivity index (χ4v) is 5.29. The zero-order valence-corrected chi connectivity index (χ0v) is 21.4. The van der Waals surface area contributed by atoms with E-state index in [1.54, 1.807) is 12.1 Å². The molecule has 3 rings (SSSR count). The molecule has 0 radical (unpaired) electrons. The summed E-state index contributed by atoms with van der Waals surface area (Å²) in [6, 6.07) is 14.7. The maximum absolute atomic E-state index is 13.5. The Hall–Kier alpha value is -3.39.